The number of guanidine groups is 1. The first-order chi connectivity index (χ1) is 12.5. The van der Waals surface area contributed by atoms with Crippen LogP contribution in [0, 0.1) is 5.82 Å². The number of aliphatic imine (C=N–C) groups is 1. The van der Waals surface area contributed by atoms with Gasteiger partial charge in [-0.05, 0) is 48.2 Å². The van der Waals surface area contributed by atoms with Gasteiger partial charge in [0.05, 0.1) is 20.8 Å². The number of ether oxygens (including phenoxy) is 2. The summed E-state index contributed by atoms with van der Waals surface area (Å²) in [5.74, 6) is 1.49. The molecule has 0 unspecified atom stereocenters. The van der Waals surface area contributed by atoms with Gasteiger partial charge in [-0.25, -0.2) is 9.38 Å². The molecule has 0 fully saturated rings. The standard InChI is InChI=1S/C19H23BrFN3O2/c1-25-17-8-5-13(10-18(17)26-2)12-24-19(22)23-9-3-4-14-6-7-15(20)11-16(14)21/h5-8,10-11H,3-4,9,12H2,1-2H3,(H3,22,23,24). The number of aryl methyl sites for hydroxylation is 1. The van der Waals surface area contributed by atoms with E-state index in [0.29, 0.717) is 42.5 Å². The average Bonchev–Trinajstić information content (AvgIpc) is 2.64. The Morgan fingerprint density at radius 1 is 1.15 bits per heavy atom. The van der Waals surface area contributed by atoms with Gasteiger partial charge in [0, 0.05) is 11.0 Å². The van der Waals surface area contributed by atoms with Crippen molar-refractivity contribution in [2.45, 2.75) is 19.4 Å². The number of nitrogens with two attached hydrogens (primary N) is 1. The van der Waals surface area contributed by atoms with Gasteiger partial charge in [0.2, 0.25) is 0 Å². The summed E-state index contributed by atoms with van der Waals surface area (Å²) < 4.78 is 25.0. The van der Waals surface area contributed by atoms with Gasteiger partial charge in [-0.15, -0.1) is 0 Å². The molecule has 0 saturated carbocycles. The highest BCUT2D eigenvalue weighted by molar-refractivity contribution is 9.10. The van der Waals surface area contributed by atoms with E-state index < -0.39 is 0 Å². The van der Waals surface area contributed by atoms with Crippen molar-refractivity contribution in [2.75, 3.05) is 20.8 Å². The molecular weight excluding hydrogens is 401 g/mol. The van der Waals surface area contributed by atoms with Crippen LogP contribution in [0.2, 0.25) is 0 Å². The minimum absolute atomic E-state index is 0.200. The Bertz CT molecular complexity index is 768. The quantitative estimate of drug-likeness (QED) is 0.386. The van der Waals surface area contributed by atoms with Crippen molar-refractivity contribution in [1.29, 1.82) is 0 Å². The van der Waals surface area contributed by atoms with Gasteiger partial charge in [0.25, 0.3) is 0 Å². The van der Waals surface area contributed by atoms with Crippen LogP contribution >= 0.6 is 15.9 Å². The number of rotatable bonds is 8. The Labute approximate surface area is 161 Å². The molecule has 0 heterocycles. The number of halogens is 2. The smallest absolute Gasteiger partial charge is 0.188 e. The molecule has 3 N–H and O–H groups in total. The molecule has 0 atom stereocenters. The molecule has 7 heteroatoms. The maximum absolute atomic E-state index is 13.7. The van der Waals surface area contributed by atoms with Gasteiger partial charge in [-0.2, -0.15) is 0 Å². The molecule has 2 aromatic rings. The molecule has 0 spiro atoms. The maximum atomic E-state index is 13.7. The molecule has 0 aliphatic carbocycles. The fourth-order valence-electron chi connectivity index (χ4n) is 2.43. The summed E-state index contributed by atoms with van der Waals surface area (Å²) in [6, 6.07) is 10.7. The minimum Gasteiger partial charge on any atom is -0.493 e. The zero-order valence-corrected chi connectivity index (χ0v) is 16.5. The Hall–Kier alpha value is -2.28. The third-order valence-corrected chi connectivity index (χ3v) is 4.32. The molecule has 0 aliphatic rings. The van der Waals surface area contributed by atoms with E-state index in [1.165, 1.54) is 6.07 Å². The summed E-state index contributed by atoms with van der Waals surface area (Å²) in [5.41, 5.74) is 7.53. The topological polar surface area (TPSA) is 68.9 Å². The van der Waals surface area contributed by atoms with E-state index in [1.807, 2.05) is 24.3 Å². The van der Waals surface area contributed by atoms with Crippen molar-refractivity contribution in [3.05, 3.63) is 57.8 Å². The van der Waals surface area contributed by atoms with Crippen LogP contribution in [0.3, 0.4) is 0 Å². The number of nitrogens with zero attached hydrogens (tertiary/aromatic N) is 1. The summed E-state index contributed by atoms with van der Waals surface area (Å²) in [4.78, 5) is 4.31. The predicted molar refractivity (Wildman–Crippen MR) is 105 cm³/mol. The lowest BCUT2D eigenvalue weighted by Crippen LogP contribution is -2.32. The molecule has 0 amide bonds. The van der Waals surface area contributed by atoms with E-state index >= 15 is 0 Å². The monoisotopic (exact) mass is 423 g/mol. The van der Waals surface area contributed by atoms with Crippen molar-refractivity contribution < 1.29 is 13.9 Å². The first kappa shape index (κ1) is 20.0. The second kappa shape index (κ2) is 10.0. The molecule has 5 nitrogen and oxygen atoms in total. The Kier molecular flexibility index (Phi) is 7.72. The molecule has 140 valence electrons. The van der Waals surface area contributed by atoms with Crippen molar-refractivity contribution in [2.24, 2.45) is 10.7 Å². The van der Waals surface area contributed by atoms with Crippen LogP contribution < -0.4 is 20.5 Å². The lowest BCUT2D eigenvalue weighted by molar-refractivity contribution is 0.354. The molecule has 2 rings (SSSR count). The third-order valence-electron chi connectivity index (χ3n) is 3.82. The van der Waals surface area contributed by atoms with E-state index in [1.54, 1.807) is 20.3 Å². The molecule has 0 aromatic heterocycles. The summed E-state index contributed by atoms with van der Waals surface area (Å²) in [5, 5.41) is 3.05. The van der Waals surface area contributed by atoms with Gasteiger partial charge in [0.15, 0.2) is 17.5 Å². The van der Waals surface area contributed by atoms with Gasteiger partial charge < -0.3 is 20.5 Å². The van der Waals surface area contributed by atoms with Crippen LogP contribution in [-0.4, -0.2) is 26.7 Å². The van der Waals surface area contributed by atoms with Gasteiger partial charge >= 0.3 is 0 Å². The minimum atomic E-state index is -0.200. The first-order valence-corrected chi connectivity index (χ1v) is 9.01. The predicted octanol–water partition coefficient (Wildman–Crippen LogP) is 3.64. The van der Waals surface area contributed by atoms with Crippen molar-refractivity contribution in [3.8, 4) is 11.5 Å². The summed E-state index contributed by atoms with van der Waals surface area (Å²) in [6.07, 6.45) is 1.39. The lowest BCUT2D eigenvalue weighted by Gasteiger charge is -2.09. The van der Waals surface area contributed by atoms with E-state index in [4.69, 9.17) is 15.2 Å². The summed E-state index contributed by atoms with van der Waals surface area (Å²) >= 11 is 3.25. The molecule has 26 heavy (non-hydrogen) atoms. The molecule has 0 saturated heterocycles. The zero-order valence-electron chi connectivity index (χ0n) is 14.9. The normalized spacial score (nSPS) is 11.3. The van der Waals surface area contributed by atoms with Gasteiger partial charge in [-0.3, -0.25) is 0 Å². The van der Waals surface area contributed by atoms with Crippen LogP contribution in [0.1, 0.15) is 17.5 Å². The van der Waals surface area contributed by atoms with Crippen LogP contribution in [-0.2, 0) is 13.0 Å². The Morgan fingerprint density at radius 2 is 1.92 bits per heavy atom. The second-order valence-corrected chi connectivity index (χ2v) is 6.57. The van der Waals surface area contributed by atoms with E-state index in [9.17, 15) is 4.39 Å². The fraction of sp³-hybridized carbons (Fsp3) is 0.316. The Balaban J connectivity index is 1.79. The number of benzene rings is 2. The largest absolute Gasteiger partial charge is 0.493 e. The van der Waals surface area contributed by atoms with Gasteiger partial charge in [-0.1, -0.05) is 28.1 Å². The molecule has 0 bridgehead atoms. The van der Waals surface area contributed by atoms with Crippen LogP contribution in [0.15, 0.2) is 45.9 Å². The summed E-state index contributed by atoms with van der Waals surface area (Å²) in [7, 11) is 3.19. The highest BCUT2D eigenvalue weighted by Gasteiger charge is 2.05. The average molecular weight is 424 g/mol. The molecule has 0 radical (unpaired) electrons. The summed E-state index contributed by atoms with van der Waals surface area (Å²) in [6.45, 7) is 1.05. The fourth-order valence-corrected chi connectivity index (χ4v) is 2.76. The highest BCUT2D eigenvalue weighted by atomic mass is 79.9. The second-order valence-electron chi connectivity index (χ2n) is 5.66. The maximum Gasteiger partial charge on any atom is 0.188 e. The lowest BCUT2D eigenvalue weighted by atomic mass is 10.1. The van der Waals surface area contributed by atoms with Crippen molar-refractivity contribution in [3.63, 3.8) is 0 Å². The van der Waals surface area contributed by atoms with Crippen molar-refractivity contribution in [1.82, 2.24) is 5.32 Å². The van der Waals surface area contributed by atoms with E-state index in [2.05, 4.69) is 26.2 Å². The van der Waals surface area contributed by atoms with E-state index in [-0.39, 0.29) is 5.82 Å². The Morgan fingerprint density at radius 3 is 2.62 bits per heavy atom. The van der Waals surface area contributed by atoms with Crippen LogP contribution in [0.4, 0.5) is 4.39 Å². The van der Waals surface area contributed by atoms with Gasteiger partial charge in [0.1, 0.15) is 5.82 Å². The highest BCUT2D eigenvalue weighted by Crippen LogP contribution is 2.27. The number of hydrogen-bond acceptors (Lipinski definition) is 3. The van der Waals surface area contributed by atoms with Crippen LogP contribution in [0.5, 0.6) is 11.5 Å². The number of hydrogen-bond donors (Lipinski definition) is 2. The van der Waals surface area contributed by atoms with Crippen molar-refractivity contribution >= 4 is 21.9 Å². The third kappa shape index (κ3) is 5.91. The SMILES string of the molecule is COc1ccc(CN=C(N)NCCCc2ccc(Br)cc2F)cc1OC. The first-order valence-electron chi connectivity index (χ1n) is 8.22. The number of methoxy groups -OCH3 is 2. The molecular formula is C19H23BrFN3O2. The van der Waals surface area contributed by atoms with Crippen LogP contribution in [0.25, 0.3) is 0 Å². The molecule has 2 aromatic carbocycles. The van der Waals surface area contributed by atoms with E-state index in [0.717, 1.165) is 16.5 Å². The number of nitrogens with one attached hydrogen (secondary N) is 1. The zero-order chi connectivity index (χ0) is 18.9. The molecule has 0 aliphatic heterocycles.